The second-order valence-corrected chi connectivity index (χ2v) is 5.67. The third-order valence-corrected chi connectivity index (χ3v) is 3.91. The van der Waals surface area contributed by atoms with Crippen LogP contribution in [0, 0.1) is 6.92 Å². The van der Waals surface area contributed by atoms with E-state index >= 15 is 0 Å². The van der Waals surface area contributed by atoms with Crippen LogP contribution in [0.25, 0.3) is 0 Å². The number of nitrogens with zero attached hydrogens (tertiary/aromatic N) is 1. The number of rotatable bonds is 6. The highest BCUT2D eigenvalue weighted by atomic mass is 32.1. The van der Waals surface area contributed by atoms with Gasteiger partial charge in [0.2, 0.25) is 0 Å². The van der Waals surface area contributed by atoms with E-state index in [1.807, 2.05) is 26.1 Å². The minimum atomic E-state index is 0.239. The number of carbonyl (C=O) groups excluding carboxylic acids is 1. The van der Waals surface area contributed by atoms with Gasteiger partial charge in [-0.15, -0.1) is 11.3 Å². The van der Waals surface area contributed by atoms with Crippen molar-refractivity contribution in [2.45, 2.75) is 39.7 Å². The van der Waals surface area contributed by atoms with E-state index in [0.717, 1.165) is 17.7 Å². The lowest BCUT2D eigenvalue weighted by atomic mass is 10.1. The molecule has 0 bridgehead atoms. The number of hydrogen-bond acceptors (Lipinski definition) is 3. The zero-order valence-corrected chi connectivity index (χ0v) is 11.4. The molecule has 1 aromatic rings. The van der Waals surface area contributed by atoms with Crippen molar-refractivity contribution in [1.29, 1.82) is 0 Å². The van der Waals surface area contributed by atoms with Crippen LogP contribution in [0.5, 0.6) is 0 Å². The van der Waals surface area contributed by atoms with Gasteiger partial charge in [-0.25, -0.2) is 0 Å². The number of thiophene rings is 1. The average molecular weight is 239 g/mol. The van der Waals surface area contributed by atoms with E-state index in [4.69, 9.17) is 0 Å². The summed E-state index contributed by atoms with van der Waals surface area (Å²) in [5.74, 6) is 0.239. The maximum Gasteiger partial charge on any atom is 0.186 e. The molecule has 2 nitrogen and oxygen atoms in total. The lowest BCUT2D eigenvalue weighted by Gasteiger charge is -2.23. The van der Waals surface area contributed by atoms with Crippen LogP contribution >= 0.6 is 11.3 Å². The largest absolute Gasteiger partial charge is 0.296 e. The van der Waals surface area contributed by atoms with Crippen molar-refractivity contribution in [2.24, 2.45) is 0 Å². The number of carbonyl (C=O) groups is 1. The molecule has 0 fully saturated rings. The van der Waals surface area contributed by atoms with Crippen molar-refractivity contribution in [1.82, 2.24) is 4.90 Å². The highest BCUT2D eigenvalue weighted by Crippen LogP contribution is 2.16. The number of hydrogen-bond donors (Lipinski definition) is 0. The smallest absolute Gasteiger partial charge is 0.186 e. The van der Waals surface area contributed by atoms with Gasteiger partial charge in [-0.1, -0.05) is 13.3 Å². The fourth-order valence-corrected chi connectivity index (χ4v) is 2.48. The molecule has 0 amide bonds. The van der Waals surface area contributed by atoms with E-state index in [-0.39, 0.29) is 5.78 Å². The molecule has 90 valence electrons. The highest BCUT2D eigenvalue weighted by molar-refractivity contribution is 7.14. The van der Waals surface area contributed by atoms with Crippen LogP contribution in [-0.4, -0.2) is 30.3 Å². The molecule has 1 rings (SSSR count). The van der Waals surface area contributed by atoms with E-state index in [1.165, 1.54) is 4.88 Å². The zero-order chi connectivity index (χ0) is 12.1. The Morgan fingerprint density at radius 2 is 2.19 bits per heavy atom. The predicted molar refractivity (Wildman–Crippen MR) is 70.4 cm³/mol. The summed E-state index contributed by atoms with van der Waals surface area (Å²) < 4.78 is 0. The summed E-state index contributed by atoms with van der Waals surface area (Å²) in [6.07, 6.45) is 2.31. The first-order valence-corrected chi connectivity index (χ1v) is 6.66. The molecule has 1 atom stereocenters. The summed E-state index contributed by atoms with van der Waals surface area (Å²) in [6, 6.07) is 4.42. The van der Waals surface area contributed by atoms with E-state index in [9.17, 15) is 4.79 Å². The molecule has 0 aliphatic rings. The fraction of sp³-hybridized carbons (Fsp3) is 0.615. The van der Waals surface area contributed by atoms with E-state index in [1.54, 1.807) is 11.3 Å². The first-order chi connectivity index (χ1) is 7.54. The van der Waals surface area contributed by atoms with Gasteiger partial charge in [0.15, 0.2) is 5.78 Å². The Balaban J connectivity index is 2.51. The second-order valence-electron chi connectivity index (χ2n) is 4.39. The second kappa shape index (κ2) is 6.16. The summed E-state index contributed by atoms with van der Waals surface area (Å²) in [4.78, 5) is 16.2. The molecule has 0 aromatic carbocycles. The van der Waals surface area contributed by atoms with Crippen LogP contribution in [0.2, 0.25) is 0 Å². The molecule has 0 spiro atoms. The average Bonchev–Trinajstić information content (AvgIpc) is 2.65. The van der Waals surface area contributed by atoms with Gasteiger partial charge in [0.25, 0.3) is 0 Å². The van der Waals surface area contributed by atoms with Crippen LogP contribution in [0.15, 0.2) is 12.1 Å². The Kier molecular flexibility index (Phi) is 5.16. The molecule has 1 heterocycles. The van der Waals surface area contributed by atoms with Gasteiger partial charge >= 0.3 is 0 Å². The minimum Gasteiger partial charge on any atom is -0.296 e. The monoisotopic (exact) mass is 239 g/mol. The van der Waals surface area contributed by atoms with Crippen LogP contribution < -0.4 is 0 Å². The molecular formula is C13H21NOS. The molecule has 0 radical (unpaired) electrons. The summed E-state index contributed by atoms with van der Waals surface area (Å²) in [6.45, 7) is 6.91. The Morgan fingerprint density at radius 3 is 2.69 bits per heavy atom. The number of likely N-dealkylation sites (N-methyl/N-ethyl adjacent to an activating group) is 1. The van der Waals surface area contributed by atoms with E-state index < -0.39 is 0 Å². The van der Waals surface area contributed by atoms with Crippen molar-refractivity contribution in [3.63, 3.8) is 0 Å². The zero-order valence-electron chi connectivity index (χ0n) is 10.6. The topological polar surface area (TPSA) is 20.3 Å². The van der Waals surface area contributed by atoms with E-state index in [0.29, 0.717) is 12.6 Å². The van der Waals surface area contributed by atoms with Crippen molar-refractivity contribution in [3.05, 3.63) is 21.9 Å². The maximum absolute atomic E-state index is 11.9. The molecule has 1 unspecified atom stereocenters. The normalized spacial score (nSPS) is 13.1. The molecule has 0 saturated carbocycles. The van der Waals surface area contributed by atoms with Gasteiger partial charge in [0, 0.05) is 10.9 Å². The van der Waals surface area contributed by atoms with Gasteiger partial charge in [0.1, 0.15) is 0 Å². The van der Waals surface area contributed by atoms with Crippen molar-refractivity contribution in [3.8, 4) is 0 Å². The van der Waals surface area contributed by atoms with Crippen molar-refractivity contribution < 1.29 is 4.79 Å². The molecule has 16 heavy (non-hydrogen) atoms. The van der Waals surface area contributed by atoms with E-state index in [2.05, 4.69) is 18.7 Å². The van der Waals surface area contributed by atoms with Crippen molar-refractivity contribution in [2.75, 3.05) is 13.6 Å². The van der Waals surface area contributed by atoms with Gasteiger partial charge in [-0.3, -0.25) is 9.69 Å². The van der Waals surface area contributed by atoms with Crippen LogP contribution in [0.1, 0.15) is 41.2 Å². The number of Topliss-reactive ketones (excluding diaryl/α,β-unsaturated/α-hetero) is 1. The number of aryl methyl sites for hydroxylation is 1. The molecule has 0 N–H and O–H groups in total. The van der Waals surface area contributed by atoms with Gasteiger partial charge in [-0.05, 0) is 39.4 Å². The summed E-state index contributed by atoms with van der Waals surface area (Å²) in [5, 5.41) is 0. The predicted octanol–water partition coefficient (Wildman–Crippen LogP) is 3.36. The first kappa shape index (κ1) is 13.4. The molecule has 1 aromatic heterocycles. The Labute approximate surface area is 102 Å². The minimum absolute atomic E-state index is 0.239. The standard InChI is InChI=1S/C13H21NOS/c1-5-6-10(2)14(4)9-12(15)13-8-7-11(3)16-13/h7-8,10H,5-6,9H2,1-4H3. The van der Waals surface area contributed by atoms with Gasteiger partial charge in [-0.2, -0.15) is 0 Å². The van der Waals surface area contributed by atoms with Crippen LogP contribution in [-0.2, 0) is 0 Å². The van der Waals surface area contributed by atoms with Crippen LogP contribution in [0.3, 0.4) is 0 Å². The maximum atomic E-state index is 11.9. The number of ketones is 1. The lowest BCUT2D eigenvalue weighted by molar-refractivity contribution is 0.0925. The molecular weight excluding hydrogens is 218 g/mol. The Hall–Kier alpha value is -0.670. The summed E-state index contributed by atoms with van der Waals surface area (Å²) in [7, 11) is 2.03. The van der Waals surface area contributed by atoms with Gasteiger partial charge in [0.05, 0.1) is 11.4 Å². The molecule has 0 aliphatic carbocycles. The Morgan fingerprint density at radius 1 is 1.50 bits per heavy atom. The lowest BCUT2D eigenvalue weighted by Crippen LogP contribution is -2.33. The summed E-state index contributed by atoms with van der Waals surface area (Å²) >= 11 is 1.59. The fourth-order valence-electron chi connectivity index (χ4n) is 1.68. The summed E-state index contributed by atoms with van der Waals surface area (Å²) in [5.41, 5.74) is 0. The molecule has 3 heteroatoms. The first-order valence-electron chi connectivity index (χ1n) is 5.84. The molecule has 0 saturated heterocycles. The molecule has 0 aliphatic heterocycles. The Bertz CT molecular complexity index is 345. The third-order valence-electron chi connectivity index (χ3n) is 2.87. The third kappa shape index (κ3) is 3.72. The van der Waals surface area contributed by atoms with Crippen LogP contribution in [0.4, 0.5) is 0 Å². The van der Waals surface area contributed by atoms with Crippen molar-refractivity contribution >= 4 is 17.1 Å². The quantitative estimate of drug-likeness (QED) is 0.709. The highest BCUT2D eigenvalue weighted by Gasteiger charge is 2.14. The SMILES string of the molecule is CCCC(C)N(C)CC(=O)c1ccc(C)s1. The van der Waals surface area contributed by atoms with Gasteiger partial charge < -0.3 is 0 Å².